The molecule has 3 aromatic rings. The molecule has 0 bridgehead atoms. The van der Waals surface area contributed by atoms with Crippen LogP contribution in [0.25, 0.3) is 11.3 Å². The maximum Gasteiger partial charge on any atom is 0.325 e. The summed E-state index contributed by atoms with van der Waals surface area (Å²) in [5.41, 5.74) is 2.26. The number of ether oxygens (including phenoxy) is 1. The van der Waals surface area contributed by atoms with Crippen molar-refractivity contribution >= 4 is 51.4 Å². The van der Waals surface area contributed by atoms with Crippen molar-refractivity contribution < 1.29 is 9.53 Å². The Morgan fingerprint density at radius 3 is 2.52 bits per heavy atom. The third-order valence-electron chi connectivity index (χ3n) is 3.29. The van der Waals surface area contributed by atoms with Crippen LogP contribution in [0.15, 0.2) is 47.8 Å². The number of carbonyl (C=O) groups excluding carboxylic acids is 1. The molecule has 3 rings (SSSR count). The van der Waals surface area contributed by atoms with Crippen LogP contribution in [0.2, 0.25) is 10.0 Å². The van der Waals surface area contributed by atoms with Crippen molar-refractivity contribution in [2.24, 2.45) is 0 Å². The fourth-order valence-electron chi connectivity index (χ4n) is 2.06. The van der Waals surface area contributed by atoms with E-state index in [2.05, 4.69) is 15.6 Å². The fourth-order valence-corrected chi connectivity index (χ4v) is 3.07. The van der Waals surface area contributed by atoms with E-state index < -0.39 is 6.03 Å². The number of thiazole rings is 1. The minimum absolute atomic E-state index is 0.371. The van der Waals surface area contributed by atoms with Crippen LogP contribution in [0.4, 0.5) is 15.6 Å². The molecule has 0 aliphatic heterocycles. The molecule has 25 heavy (non-hydrogen) atoms. The summed E-state index contributed by atoms with van der Waals surface area (Å²) in [6.45, 7) is 0. The van der Waals surface area contributed by atoms with E-state index in [-0.39, 0.29) is 0 Å². The number of hydrogen-bond acceptors (Lipinski definition) is 4. The molecule has 0 aliphatic carbocycles. The van der Waals surface area contributed by atoms with Crippen molar-refractivity contribution in [1.82, 2.24) is 4.98 Å². The second-order valence-electron chi connectivity index (χ2n) is 4.97. The summed E-state index contributed by atoms with van der Waals surface area (Å²) in [7, 11) is 1.62. The molecule has 0 radical (unpaired) electrons. The van der Waals surface area contributed by atoms with Gasteiger partial charge < -0.3 is 10.1 Å². The Morgan fingerprint density at radius 1 is 1.08 bits per heavy atom. The molecule has 8 heteroatoms. The topological polar surface area (TPSA) is 63.2 Å². The molecule has 2 N–H and O–H groups in total. The zero-order valence-electron chi connectivity index (χ0n) is 13.0. The quantitative estimate of drug-likeness (QED) is 0.591. The molecule has 0 unspecified atom stereocenters. The van der Waals surface area contributed by atoms with Gasteiger partial charge in [-0.25, -0.2) is 9.78 Å². The third-order valence-corrected chi connectivity index (χ3v) is 4.78. The first-order chi connectivity index (χ1) is 12.0. The first-order valence-corrected chi connectivity index (χ1v) is 8.82. The lowest BCUT2D eigenvalue weighted by Crippen LogP contribution is -2.19. The van der Waals surface area contributed by atoms with Gasteiger partial charge in [-0.2, -0.15) is 0 Å². The Kier molecular flexibility index (Phi) is 5.43. The van der Waals surface area contributed by atoms with Crippen molar-refractivity contribution in [2.75, 3.05) is 17.7 Å². The SMILES string of the molecule is COc1ccc(-c2csc(NC(=O)Nc3ccc(Cl)c(Cl)c3)n2)cc1. The van der Waals surface area contributed by atoms with Crippen molar-refractivity contribution in [3.8, 4) is 17.0 Å². The summed E-state index contributed by atoms with van der Waals surface area (Å²) >= 11 is 13.1. The molecule has 2 aromatic carbocycles. The number of hydrogen-bond donors (Lipinski definition) is 2. The largest absolute Gasteiger partial charge is 0.497 e. The number of benzene rings is 2. The Hall–Kier alpha value is -2.28. The lowest BCUT2D eigenvalue weighted by atomic mass is 10.2. The van der Waals surface area contributed by atoms with Crippen LogP contribution in [0.1, 0.15) is 0 Å². The summed E-state index contributed by atoms with van der Waals surface area (Å²) in [6, 6.07) is 12.0. The number of carbonyl (C=O) groups is 1. The molecule has 0 spiro atoms. The highest BCUT2D eigenvalue weighted by Crippen LogP contribution is 2.27. The van der Waals surface area contributed by atoms with E-state index in [1.807, 2.05) is 29.6 Å². The Bertz CT molecular complexity index is 897. The van der Waals surface area contributed by atoms with E-state index in [0.29, 0.717) is 20.9 Å². The van der Waals surface area contributed by atoms with Gasteiger partial charge in [0.2, 0.25) is 0 Å². The molecule has 2 amide bonds. The normalized spacial score (nSPS) is 10.4. The zero-order chi connectivity index (χ0) is 17.8. The summed E-state index contributed by atoms with van der Waals surface area (Å²) in [5.74, 6) is 0.776. The number of aromatic nitrogens is 1. The highest BCUT2D eigenvalue weighted by Gasteiger charge is 2.09. The van der Waals surface area contributed by atoms with Gasteiger partial charge in [-0.1, -0.05) is 23.2 Å². The first kappa shape index (κ1) is 17.5. The van der Waals surface area contributed by atoms with Crippen LogP contribution < -0.4 is 15.4 Å². The monoisotopic (exact) mass is 393 g/mol. The van der Waals surface area contributed by atoms with Crippen LogP contribution in [0, 0.1) is 0 Å². The summed E-state index contributed by atoms with van der Waals surface area (Å²) in [5, 5.41) is 8.53. The Labute approximate surface area is 158 Å². The molecule has 0 fully saturated rings. The summed E-state index contributed by atoms with van der Waals surface area (Å²) < 4.78 is 5.13. The van der Waals surface area contributed by atoms with Crippen LogP contribution >= 0.6 is 34.5 Å². The second-order valence-corrected chi connectivity index (χ2v) is 6.65. The van der Waals surface area contributed by atoms with Crippen LogP contribution in [-0.2, 0) is 0 Å². The van der Waals surface area contributed by atoms with Crippen molar-refractivity contribution in [3.05, 3.63) is 57.9 Å². The minimum atomic E-state index is -0.408. The van der Waals surface area contributed by atoms with E-state index >= 15 is 0 Å². The van der Waals surface area contributed by atoms with Gasteiger partial charge in [0.15, 0.2) is 5.13 Å². The number of nitrogens with zero attached hydrogens (tertiary/aromatic N) is 1. The number of anilines is 2. The lowest BCUT2D eigenvalue weighted by molar-refractivity contribution is 0.262. The molecule has 1 aromatic heterocycles. The predicted molar refractivity (Wildman–Crippen MR) is 103 cm³/mol. The summed E-state index contributed by atoms with van der Waals surface area (Å²) in [4.78, 5) is 16.5. The molecule has 0 saturated carbocycles. The van der Waals surface area contributed by atoms with E-state index in [1.54, 1.807) is 25.3 Å². The Balaban J connectivity index is 1.65. The number of methoxy groups -OCH3 is 1. The van der Waals surface area contributed by atoms with E-state index in [1.165, 1.54) is 11.3 Å². The highest BCUT2D eigenvalue weighted by molar-refractivity contribution is 7.14. The number of halogens is 2. The average molecular weight is 394 g/mol. The maximum absolute atomic E-state index is 12.1. The minimum Gasteiger partial charge on any atom is -0.497 e. The van der Waals surface area contributed by atoms with Gasteiger partial charge in [0.1, 0.15) is 5.75 Å². The van der Waals surface area contributed by atoms with Crippen LogP contribution in [0.3, 0.4) is 0 Å². The molecule has 0 atom stereocenters. The van der Waals surface area contributed by atoms with Gasteiger partial charge in [-0.3, -0.25) is 5.32 Å². The third kappa shape index (κ3) is 4.42. The molecule has 5 nitrogen and oxygen atoms in total. The van der Waals surface area contributed by atoms with Crippen LogP contribution in [-0.4, -0.2) is 18.1 Å². The smallest absolute Gasteiger partial charge is 0.325 e. The number of amides is 2. The molecule has 0 saturated heterocycles. The molecule has 128 valence electrons. The van der Waals surface area contributed by atoms with Gasteiger partial charge in [-0.15, -0.1) is 11.3 Å². The second kappa shape index (κ2) is 7.74. The van der Waals surface area contributed by atoms with E-state index in [9.17, 15) is 4.79 Å². The average Bonchev–Trinajstić information content (AvgIpc) is 3.06. The molecular formula is C17H13Cl2N3O2S. The lowest BCUT2D eigenvalue weighted by Gasteiger charge is -2.06. The Morgan fingerprint density at radius 2 is 1.84 bits per heavy atom. The highest BCUT2D eigenvalue weighted by atomic mass is 35.5. The van der Waals surface area contributed by atoms with Gasteiger partial charge in [0.25, 0.3) is 0 Å². The molecule has 1 heterocycles. The zero-order valence-corrected chi connectivity index (χ0v) is 15.4. The van der Waals surface area contributed by atoms with E-state index in [4.69, 9.17) is 27.9 Å². The number of nitrogens with one attached hydrogen (secondary N) is 2. The molecule has 0 aliphatic rings. The van der Waals surface area contributed by atoms with Crippen molar-refractivity contribution in [2.45, 2.75) is 0 Å². The van der Waals surface area contributed by atoms with Gasteiger partial charge in [-0.05, 0) is 42.5 Å². The van der Waals surface area contributed by atoms with Gasteiger partial charge in [0, 0.05) is 16.6 Å². The fraction of sp³-hybridized carbons (Fsp3) is 0.0588. The standard InChI is InChI=1S/C17H13Cl2N3O2S/c1-24-12-5-2-10(3-6-12)15-9-25-17(21-15)22-16(23)20-11-4-7-13(18)14(19)8-11/h2-9H,1H3,(H2,20,21,22,23). The first-order valence-electron chi connectivity index (χ1n) is 7.18. The number of rotatable bonds is 4. The molecular weight excluding hydrogens is 381 g/mol. The van der Waals surface area contributed by atoms with Crippen molar-refractivity contribution in [3.63, 3.8) is 0 Å². The maximum atomic E-state index is 12.1. The van der Waals surface area contributed by atoms with Crippen molar-refractivity contribution in [1.29, 1.82) is 0 Å². The summed E-state index contributed by atoms with van der Waals surface area (Å²) in [6.07, 6.45) is 0. The predicted octanol–water partition coefficient (Wildman–Crippen LogP) is 5.77. The van der Waals surface area contributed by atoms with E-state index in [0.717, 1.165) is 17.0 Å². The van der Waals surface area contributed by atoms with Gasteiger partial charge in [0.05, 0.1) is 22.8 Å². The van der Waals surface area contributed by atoms with Gasteiger partial charge >= 0.3 is 6.03 Å². The number of urea groups is 1. The van der Waals surface area contributed by atoms with Crippen LogP contribution in [0.5, 0.6) is 5.75 Å².